The van der Waals surface area contributed by atoms with E-state index in [1.54, 1.807) is 89.1 Å². The van der Waals surface area contributed by atoms with Crippen molar-refractivity contribution in [2.24, 2.45) is 14.1 Å². The molecule has 5 aromatic carbocycles. The number of fused-ring (bicyclic) bond motifs is 8. The monoisotopic (exact) mass is 1870 g/mol. The standard InChI is InChI=1S/C28H22ClN7O.C26H21N7OS.C24H25ClN6O.C22H16ClN5OS/c1-17(32-26-25-22(12-7-13-30-25)33-28(29)34-26)23-14-18-8-6-11-21(19-15-31-35(2)16-19)24(18)27(37)36(23)20-9-4-3-5-10-20;1-16(31-25-24-20(28-15-29-25)9-6-10-27-24)21-11-22-23(19(14-35-22)17-12-30-32(2)13-17)26(34)33(21)18-7-4-3-5-8-18;1-16(29-23-22-19(27-15-28-23)8-5-9-26-22)20-14-17-6-4-7-18(25)21(17)24(32)31(20)13-12-30-10-2-3-11-30;1-13(27-21-20-16(25-12-26-21)8-5-9-24-20)17-10-18-19(15(23)11-30-18)22(29)28(17)14-6-3-2-4-7-14/h3-17H,1-2H3,(H,32,33,34);3-16H,1-2H3,(H,28,29,31);4-9,14-16H,2-3,10-13H2,1H3,(H,27,28,29);2-13H,1H3,(H,25,26,27)/t17-;2*16-;13-/m0000/s1. The van der Waals surface area contributed by atoms with E-state index >= 15 is 0 Å². The van der Waals surface area contributed by atoms with Crippen LogP contribution in [-0.4, -0.2) is 122 Å². The maximum Gasteiger partial charge on any atom is 0.265 e. The molecule has 1 aliphatic rings. The van der Waals surface area contributed by atoms with E-state index in [0.29, 0.717) is 89.0 Å². The molecule has 4 N–H and O–H groups in total. The highest BCUT2D eigenvalue weighted by Gasteiger charge is 2.28. The summed E-state index contributed by atoms with van der Waals surface area (Å²) in [4.78, 5) is 110. The summed E-state index contributed by atoms with van der Waals surface area (Å²) in [6.45, 7) is 11.7. The molecule has 134 heavy (non-hydrogen) atoms. The van der Waals surface area contributed by atoms with Gasteiger partial charge in [-0.15, -0.1) is 22.7 Å². The molecule has 0 bridgehead atoms. The summed E-state index contributed by atoms with van der Waals surface area (Å²) >= 11 is 22.0. The largest absolute Gasteiger partial charge is 0.360 e. The van der Waals surface area contributed by atoms with Gasteiger partial charge in [-0.2, -0.15) is 15.2 Å². The summed E-state index contributed by atoms with van der Waals surface area (Å²) < 4.78 is 12.4. The van der Waals surface area contributed by atoms with Crippen LogP contribution in [0, 0.1) is 0 Å². The maximum atomic E-state index is 14.2. The maximum absolute atomic E-state index is 14.2. The normalized spacial score (nSPS) is 13.0. The van der Waals surface area contributed by atoms with Gasteiger partial charge < -0.3 is 30.7 Å². The number of aryl methyl sites for hydroxylation is 2. The Kier molecular flexibility index (Phi) is 25.4. The molecule has 0 unspecified atom stereocenters. The molecule has 0 aliphatic carbocycles. The summed E-state index contributed by atoms with van der Waals surface area (Å²) in [7, 11) is 3.73. The van der Waals surface area contributed by atoms with Crippen LogP contribution in [0.4, 0.5) is 23.3 Å². The topological polar surface area (TPSA) is 330 Å². The fourth-order valence-corrected chi connectivity index (χ4v) is 19.7. The van der Waals surface area contributed by atoms with Crippen molar-refractivity contribution >= 4 is 167 Å². The average molecular weight is 1870 g/mol. The summed E-state index contributed by atoms with van der Waals surface area (Å²) in [5, 5.41) is 31.4. The number of benzene rings is 5. The predicted molar refractivity (Wildman–Crippen MR) is 535 cm³/mol. The molecule has 0 amide bonds. The molecule has 0 radical (unpaired) electrons. The first kappa shape index (κ1) is 88.0. The van der Waals surface area contributed by atoms with E-state index in [1.165, 1.54) is 43.2 Å². The van der Waals surface area contributed by atoms with Crippen molar-refractivity contribution in [3.05, 3.63) is 359 Å². The fourth-order valence-electron chi connectivity index (χ4n) is 17.0. The van der Waals surface area contributed by atoms with Gasteiger partial charge in [0.2, 0.25) is 5.28 Å². The van der Waals surface area contributed by atoms with Gasteiger partial charge in [-0.25, -0.2) is 34.9 Å². The third kappa shape index (κ3) is 18.0. The molecule has 34 heteroatoms. The van der Waals surface area contributed by atoms with E-state index in [-0.39, 0.29) is 51.7 Å². The Morgan fingerprint density at radius 2 is 0.791 bits per heavy atom. The molecule has 16 aromatic heterocycles. The van der Waals surface area contributed by atoms with Crippen LogP contribution in [0.5, 0.6) is 0 Å². The first-order valence-electron chi connectivity index (χ1n) is 43.2. The number of thiophene rings is 2. The smallest absolute Gasteiger partial charge is 0.265 e. The lowest BCUT2D eigenvalue weighted by molar-refractivity contribution is 0.318. The Morgan fingerprint density at radius 3 is 1.29 bits per heavy atom. The van der Waals surface area contributed by atoms with Crippen LogP contribution in [0.25, 0.3) is 125 Å². The van der Waals surface area contributed by atoms with E-state index in [9.17, 15) is 19.2 Å². The number of nitrogens with one attached hydrogen (secondary N) is 4. The summed E-state index contributed by atoms with van der Waals surface area (Å²) in [6, 6.07) is 62.4. The summed E-state index contributed by atoms with van der Waals surface area (Å²) in [5.74, 6) is 2.38. The van der Waals surface area contributed by atoms with Gasteiger partial charge in [-0.05, 0) is 197 Å². The van der Waals surface area contributed by atoms with Crippen LogP contribution in [0.1, 0.15) is 87.5 Å². The number of halogens is 3. The minimum absolute atomic E-state index is 0.0541. The van der Waals surface area contributed by atoms with Gasteiger partial charge in [-0.3, -0.25) is 62.2 Å². The van der Waals surface area contributed by atoms with Crippen molar-refractivity contribution in [1.29, 1.82) is 0 Å². The van der Waals surface area contributed by atoms with E-state index < -0.39 is 0 Å². The third-order valence-electron chi connectivity index (χ3n) is 23.4. The molecule has 666 valence electrons. The molecule has 1 saturated heterocycles. The lowest BCUT2D eigenvalue weighted by atomic mass is 9.99. The zero-order chi connectivity index (χ0) is 92.2. The molecule has 0 spiro atoms. The van der Waals surface area contributed by atoms with Crippen molar-refractivity contribution in [1.82, 2.24) is 103 Å². The number of rotatable bonds is 20. The molecule has 22 rings (SSSR count). The molecule has 29 nitrogen and oxygen atoms in total. The Bertz CT molecular complexity index is 8220. The van der Waals surface area contributed by atoms with Crippen LogP contribution in [0.15, 0.2) is 299 Å². The number of anilines is 4. The van der Waals surface area contributed by atoms with E-state index in [1.807, 2.05) is 240 Å². The molecule has 21 aromatic rings. The molecular formula is C100H84Cl3N25O4S2. The molecule has 17 heterocycles. The van der Waals surface area contributed by atoms with Crippen molar-refractivity contribution in [2.75, 3.05) is 40.9 Å². The summed E-state index contributed by atoms with van der Waals surface area (Å²) in [5.41, 5.74) is 14.4. The zero-order valence-corrected chi connectivity index (χ0v) is 77.0. The minimum Gasteiger partial charge on any atom is -0.360 e. The van der Waals surface area contributed by atoms with E-state index in [2.05, 4.69) is 108 Å². The molecule has 1 aliphatic heterocycles. The van der Waals surface area contributed by atoms with Gasteiger partial charge in [0.1, 0.15) is 41.0 Å². The van der Waals surface area contributed by atoms with Gasteiger partial charge in [0.05, 0.1) is 90.2 Å². The first-order valence-corrected chi connectivity index (χ1v) is 46.1. The number of likely N-dealkylation sites (tertiary alicyclic amines) is 1. The van der Waals surface area contributed by atoms with Crippen molar-refractivity contribution < 1.29 is 0 Å². The number of pyridine rings is 8. The summed E-state index contributed by atoms with van der Waals surface area (Å²) in [6.07, 6.45) is 21.2. The quantitative estimate of drug-likeness (QED) is 0.0515. The van der Waals surface area contributed by atoms with Crippen molar-refractivity contribution in [3.63, 3.8) is 0 Å². The highest BCUT2D eigenvalue weighted by atomic mass is 35.5. The number of nitrogens with zero attached hydrogens (tertiary/aromatic N) is 21. The van der Waals surface area contributed by atoms with Gasteiger partial charge >= 0.3 is 0 Å². The second-order valence-corrected chi connectivity index (χ2v) is 35.1. The molecule has 0 saturated carbocycles. The Labute approximate surface area is 788 Å². The lowest BCUT2D eigenvalue weighted by Gasteiger charge is -2.23. The van der Waals surface area contributed by atoms with E-state index in [0.717, 1.165) is 118 Å². The average Bonchev–Trinajstić information content (AvgIpc) is 1.39. The van der Waals surface area contributed by atoms with Crippen LogP contribution < -0.4 is 43.5 Å². The van der Waals surface area contributed by atoms with Crippen LogP contribution in [0.2, 0.25) is 15.3 Å². The highest BCUT2D eigenvalue weighted by molar-refractivity contribution is 7.18. The second kappa shape index (κ2) is 38.7. The van der Waals surface area contributed by atoms with Gasteiger partial charge in [0.15, 0.2) is 23.3 Å². The Hall–Kier alpha value is -15.3. The predicted octanol–water partition coefficient (Wildman–Crippen LogP) is 20.0. The van der Waals surface area contributed by atoms with E-state index in [4.69, 9.17) is 34.8 Å². The lowest BCUT2D eigenvalue weighted by Crippen LogP contribution is -2.32. The van der Waals surface area contributed by atoms with Crippen molar-refractivity contribution in [2.45, 2.75) is 71.2 Å². The number of hydrogen-bond donors (Lipinski definition) is 4. The zero-order valence-electron chi connectivity index (χ0n) is 73.1. The number of aromatic nitrogens is 20. The number of para-hydroxylation sites is 3. The SMILES string of the molecule is C[C@H](Nc1nc(Cl)nc2cccnc12)c1cc2cccc(-c3cnn(C)c3)c2c(=O)n1-c1ccccc1.C[C@H](Nc1ncnc2cccnc12)c1cc2cccc(Cl)c2c(=O)n1CCN1CCCC1.C[C@H](Nc1ncnc2cccnc12)c1cc2scc(-c3cnn(C)c3)c2c(=O)n1-c1ccccc1.C[C@H](Nc1ncnc2cccnc12)c1cc2scc(Cl)c2c(=O)n1-c1ccccc1. The van der Waals surface area contributed by atoms with Gasteiger partial charge in [0.25, 0.3) is 22.2 Å². The first-order chi connectivity index (χ1) is 65.3. The van der Waals surface area contributed by atoms with Crippen molar-refractivity contribution in [3.8, 4) is 39.3 Å². The van der Waals surface area contributed by atoms with Crippen LogP contribution in [0.3, 0.4) is 0 Å². The molecule has 1 fully saturated rings. The molecular weight excluding hydrogens is 1790 g/mol. The minimum atomic E-state index is -0.324. The Balaban J connectivity index is 0.000000115. The van der Waals surface area contributed by atoms with Gasteiger partial charge in [-0.1, -0.05) is 108 Å². The molecule has 4 atom stereocenters. The van der Waals surface area contributed by atoms with Crippen LogP contribution >= 0.6 is 57.5 Å². The Morgan fingerprint density at radius 1 is 0.373 bits per heavy atom. The fraction of sp³-hybridized carbons (Fsp3) is 0.160. The van der Waals surface area contributed by atoms with Gasteiger partial charge in [0, 0.05) is 141 Å². The van der Waals surface area contributed by atoms with Crippen LogP contribution in [-0.2, 0) is 20.6 Å². The third-order valence-corrected chi connectivity index (χ3v) is 26.2. The highest BCUT2D eigenvalue weighted by Crippen LogP contribution is 2.39. The number of hydrogen-bond acceptors (Lipinski definition) is 25. The second-order valence-electron chi connectivity index (χ2n) is 32.2.